The first-order valence-corrected chi connectivity index (χ1v) is 10.8. The lowest BCUT2D eigenvalue weighted by Crippen LogP contribution is -2.31. The molecule has 4 nitrogen and oxygen atoms in total. The largest absolute Gasteiger partial charge is 0.493 e. The van der Waals surface area contributed by atoms with Gasteiger partial charge in [-0.15, -0.1) is 0 Å². The minimum absolute atomic E-state index is 0.0411. The zero-order chi connectivity index (χ0) is 19.9. The highest BCUT2D eigenvalue weighted by molar-refractivity contribution is 5.73. The highest BCUT2D eigenvalue weighted by Gasteiger charge is 2.23. The Morgan fingerprint density at radius 1 is 1.18 bits per heavy atom. The van der Waals surface area contributed by atoms with Crippen LogP contribution in [0.3, 0.4) is 0 Å². The summed E-state index contributed by atoms with van der Waals surface area (Å²) in [5.74, 6) is 1.78. The second-order valence-electron chi connectivity index (χ2n) is 8.64. The molecule has 2 saturated carbocycles. The van der Waals surface area contributed by atoms with Crippen LogP contribution in [0, 0.1) is 17.7 Å². The van der Waals surface area contributed by atoms with Gasteiger partial charge >= 0.3 is 0 Å². The van der Waals surface area contributed by atoms with Gasteiger partial charge in [-0.3, -0.25) is 4.79 Å². The van der Waals surface area contributed by atoms with Crippen LogP contribution in [0.4, 0.5) is 4.39 Å². The van der Waals surface area contributed by atoms with Crippen LogP contribution >= 0.6 is 0 Å². The lowest BCUT2D eigenvalue weighted by molar-refractivity contribution is -0.119. The van der Waals surface area contributed by atoms with Crippen molar-refractivity contribution in [1.82, 2.24) is 5.32 Å². The quantitative estimate of drug-likeness (QED) is 0.611. The molecule has 0 saturated heterocycles. The number of rotatable bonds is 10. The molecule has 1 aromatic carbocycles. The van der Waals surface area contributed by atoms with Gasteiger partial charge in [-0.25, -0.2) is 4.39 Å². The van der Waals surface area contributed by atoms with E-state index in [4.69, 9.17) is 9.47 Å². The SMILES string of the molecule is CC(=O)N[C@@H](C)CC[C@H]1CC[C@H](OCc2ccc(OCC3CC3)cc2F)CC1. The Bertz CT molecular complexity index is 639. The van der Waals surface area contributed by atoms with Crippen LogP contribution in [-0.4, -0.2) is 24.7 Å². The molecule has 3 rings (SSSR count). The summed E-state index contributed by atoms with van der Waals surface area (Å²) in [6.45, 7) is 4.65. The van der Waals surface area contributed by atoms with E-state index in [9.17, 15) is 9.18 Å². The molecule has 1 atom stereocenters. The van der Waals surface area contributed by atoms with E-state index >= 15 is 0 Å². The van der Waals surface area contributed by atoms with Crippen molar-refractivity contribution in [3.8, 4) is 5.75 Å². The van der Waals surface area contributed by atoms with Crippen molar-refractivity contribution < 1.29 is 18.7 Å². The van der Waals surface area contributed by atoms with Gasteiger partial charge in [0.1, 0.15) is 11.6 Å². The van der Waals surface area contributed by atoms with Crippen LogP contribution in [0.5, 0.6) is 5.75 Å². The fourth-order valence-electron chi connectivity index (χ4n) is 3.93. The van der Waals surface area contributed by atoms with Crippen molar-refractivity contribution >= 4 is 5.91 Å². The molecule has 0 bridgehead atoms. The van der Waals surface area contributed by atoms with Gasteiger partial charge in [0.15, 0.2) is 0 Å². The predicted octanol–water partition coefficient (Wildman–Crippen LogP) is 4.99. The van der Waals surface area contributed by atoms with Gasteiger partial charge < -0.3 is 14.8 Å². The van der Waals surface area contributed by atoms with E-state index in [1.165, 1.54) is 18.9 Å². The summed E-state index contributed by atoms with van der Waals surface area (Å²) in [4.78, 5) is 11.1. The summed E-state index contributed by atoms with van der Waals surface area (Å²) in [5.41, 5.74) is 0.602. The fourth-order valence-corrected chi connectivity index (χ4v) is 3.93. The standard InChI is InChI=1S/C23H34FNO3/c1-16(25-17(2)26)3-4-18-7-10-21(11-8-18)28-15-20-9-12-22(13-23(20)24)27-14-19-5-6-19/h9,12-13,16,18-19,21H,3-8,10-11,14-15H2,1-2H3,(H,25,26)/t16-,18-,21-/m0/s1. The van der Waals surface area contributed by atoms with E-state index in [0.717, 1.165) is 38.5 Å². The first-order chi connectivity index (χ1) is 13.5. The summed E-state index contributed by atoms with van der Waals surface area (Å²) in [6, 6.07) is 5.35. The molecule has 2 fully saturated rings. The molecule has 0 aliphatic heterocycles. The topological polar surface area (TPSA) is 47.6 Å². The maximum atomic E-state index is 14.3. The van der Waals surface area contributed by atoms with Crippen LogP contribution in [0.1, 0.15) is 70.8 Å². The van der Waals surface area contributed by atoms with Gasteiger partial charge in [-0.2, -0.15) is 0 Å². The molecule has 156 valence electrons. The summed E-state index contributed by atoms with van der Waals surface area (Å²) in [5, 5.41) is 2.95. The number of amides is 1. The molecule has 1 N–H and O–H groups in total. The van der Waals surface area contributed by atoms with Crippen molar-refractivity contribution in [2.45, 2.75) is 84.0 Å². The van der Waals surface area contributed by atoms with Gasteiger partial charge in [0.2, 0.25) is 5.91 Å². The number of benzene rings is 1. The van der Waals surface area contributed by atoms with E-state index in [1.807, 2.05) is 6.07 Å². The van der Waals surface area contributed by atoms with Crippen LogP contribution < -0.4 is 10.1 Å². The Kier molecular flexibility index (Phi) is 7.72. The first-order valence-electron chi connectivity index (χ1n) is 10.8. The van der Waals surface area contributed by atoms with Gasteiger partial charge in [-0.05, 0) is 76.2 Å². The number of ether oxygens (including phenoxy) is 2. The molecule has 0 unspecified atom stereocenters. The third-order valence-corrected chi connectivity index (χ3v) is 5.93. The molecular weight excluding hydrogens is 357 g/mol. The van der Waals surface area contributed by atoms with E-state index in [2.05, 4.69) is 12.2 Å². The van der Waals surface area contributed by atoms with Crippen LogP contribution in [0.15, 0.2) is 18.2 Å². The predicted molar refractivity (Wildman–Crippen MR) is 108 cm³/mol. The Hall–Kier alpha value is -1.62. The molecule has 5 heteroatoms. The molecule has 1 amide bonds. The molecule has 28 heavy (non-hydrogen) atoms. The lowest BCUT2D eigenvalue weighted by Gasteiger charge is -2.29. The second kappa shape index (κ2) is 10.2. The van der Waals surface area contributed by atoms with Crippen molar-refractivity contribution in [1.29, 1.82) is 0 Å². The third kappa shape index (κ3) is 7.08. The van der Waals surface area contributed by atoms with Crippen LogP contribution in [0.2, 0.25) is 0 Å². The highest BCUT2D eigenvalue weighted by Crippen LogP contribution is 2.31. The number of carbonyl (C=O) groups is 1. The third-order valence-electron chi connectivity index (χ3n) is 5.93. The Labute approximate surface area is 168 Å². The molecule has 0 radical (unpaired) electrons. The fraction of sp³-hybridized carbons (Fsp3) is 0.696. The van der Waals surface area contributed by atoms with Crippen molar-refractivity contribution in [3.05, 3.63) is 29.6 Å². The van der Waals surface area contributed by atoms with E-state index in [0.29, 0.717) is 36.4 Å². The number of nitrogens with one attached hydrogen (secondary N) is 1. The zero-order valence-corrected chi connectivity index (χ0v) is 17.2. The molecule has 0 aromatic heterocycles. The number of hydrogen-bond donors (Lipinski definition) is 1. The Morgan fingerprint density at radius 3 is 2.54 bits per heavy atom. The summed E-state index contributed by atoms with van der Waals surface area (Å²) in [6.07, 6.45) is 9.19. The number of hydrogen-bond acceptors (Lipinski definition) is 3. The minimum Gasteiger partial charge on any atom is -0.493 e. The summed E-state index contributed by atoms with van der Waals surface area (Å²) in [7, 11) is 0. The van der Waals surface area contributed by atoms with Crippen molar-refractivity contribution in [2.75, 3.05) is 6.61 Å². The number of carbonyl (C=O) groups excluding carboxylic acids is 1. The van der Waals surface area contributed by atoms with Crippen LogP contribution in [-0.2, 0) is 16.1 Å². The second-order valence-corrected chi connectivity index (χ2v) is 8.64. The molecular formula is C23H34FNO3. The van der Waals surface area contributed by atoms with Crippen molar-refractivity contribution in [2.24, 2.45) is 11.8 Å². The number of halogens is 1. The van der Waals surface area contributed by atoms with Crippen molar-refractivity contribution in [3.63, 3.8) is 0 Å². The molecule has 2 aliphatic carbocycles. The summed E-state index contributed by atoms with van der Waals surface area (Å²) >= 11 is 0. The zero-order valence-electron chi connectivity index (χ0n) is 17.2. The van der Waals surface area contributed by atoms with Crippen LogP contribution in [0.25, 0.3) is 0 Å². The van der Waals surface area contributed by atoms with Gasteiger partial charge in [0, 0.05) is 24.6 Å². The first kappa shape index (κ1) is 21.1. The van der Waals surface area contributed by atoms with Gasteiger partial charge in [-0.1, -0.05) is 6.07 Å². The average Bonchev–Trinajstić information content (AvgIpc) is 3.49. The van der Waals surface area contributed by atoms with Gasteiger partial charge in [0.25, 0.3) is 0 Å². The highest BCUT2D eigenvalue weighted by atomic mass is 19.1. The smallest absolute Gasteiger partial charge is 0.217 e. The maximum Gasteiger partial charge on any atom is 0.217 e. The molecule has 1 aromatic rings. The Balaban J connectivity index is 1.34. The van der Waals surface area contributed by atoms with E-state index in [1.54, 1.807) is 13.0 Å². The normalized spacial score (nSPS) is 23.2. The average molecular weight is 392 g/mol. The molecule has 0 spiro atoms. The van der Waals surface area contributed by atoms with Gasteiger partial charge in [0.05, 0.1) is 19.3 Å². The van der Waals surface area contributed by atoms with E-state index < -0.39 is 0 Å². The molecule has 2 aliphatic rings. The summed E-state index contributed by atoms with van der Waals surface area (Å²) < 4.78 is 25.9. The lowest BCUT2D eigenvalue weighted by atomic mass is 9.84. The van der Waals surface area contributed by atoms with E-state index in [-0.39, 0.29) is 23.9 Å². The maximum absolute atomic E-state index is 14.3. The monoisotopic (exact) mass is 391 g/mol. The molecule has 0 heterocycles. The Morgan fingerprint density at radius 2 is 1.89 bits per heavy atom. The minimum atomic E-state index is -0.242.